The number of hydrogen-bond acceptors (Lipinski definition) is 6. The largest absolute Gasteiger partial charge is 0.269 e. The standard InChI is InChI=1S/C15H6Cl2FN5O2S/c16-10-6-11(17)12(18)5-9(10)13-19-20-15-22(13)21-14(26-15)7-1-3-8(4-2-7)23(24)25/h1-6H. The Bertz CT molecular complexity index is 1160. The Morgan fingerprint density at radius 1 is 1.12 bits per heavy atom. The summed E-state index contributed by atoms with van der Waals surface area (Å²) in [4.78, 5) is 10.7. The Kier molecular flexibility index (Phi) is 4.06. The third kappa shape index (κ3) is 2.79. The summed E-state index contributed by atoms with van der Waals surface area (Å²) in [5.41, 5.74) is 0.980. The molecule has 2 aromatic carbocycles. The summed E-state index contributed by atoms with van der Waals surface area (Å²) in [6.45, 7) is 0. The first kappa shape index (κ1) is 16.8. The van der Waals surface area contributed by atoms with Crippen LogP contribution >= 0.6 is 34.5 Å². The van der Waals surface area contributed by atoms with E-state index >= 15 is 0 Å². The van der Waals surface area contributed by atoms with Crippen molar-refractivity contribution in [3.63, 3.8) is 0 Å². The van der Waals surface area contributed by atoms with Gasteiger partial charge in [0.25, 0.3) is 5.69 Å². The van der Waals surface area contributed by atoms with Crippen molar-refractivity contribution in [2.75, 3.05) is 0 Å². The first-order valence-electron chi connectivity index (χ1n) is 7.06. The number of aromatic nitrogens is 4. The maximum Gasteiger partial charge on any atom is 0.269 e. The zero-order valence-corrected chi connectivity index (χ0v) is 14.9. The van der Waals surface area contributed by atoms with Gasteiger partial charge < -0.3 is 0 Å². The molecule has 2 aromatic heterocycles. The number of nitro groups is 1. The van der Waals surface area contributed by atoms with Crippen LogP contribution in [0.5, 0.6) is 0 Å². The van der Waals surface area contributed by atoms with E-state index in [0.29, 0.717) is 21.1 Å². The fourth-order valence-corrected chi connectivity index (χ4v) is 3.63. The zero-order valence-electron chi connectivity index (χ0n) is 12.6. The molecule has 130 valence electrons. The van der Waals surface area contributed by atoms with Crippen molar-refractivity contribution >= 4 is 45.2 Å². The molecule has 0 fully saturated rings. The Hall–Kier alpha value is -2.62. The van der Waals surface area contributed by atoms with Crippen LogP contribution in [0.1, 0.15) is 0 Å². The van der Waals surface area contributed by atoms with Gasteiger partial charge in [0.2, 0.25) is 4.96 Å². The molecule has 11 heteroatoms. The number of hydrogen-bond donors (Lipinski definition) is 0. The lowest BCUT2D eigenvalue weighted by Crippen LogP contribution is -1.93. The fraction of sp³-hybridized carbons (Fsp3) is 0. The Labute approximate surface area is 158 Å². The summed E-state index contributed by atoms with van der Waals surface area (Å²) < 4.78 is 15.2. The monoisotopic (exact) mass is 409 g/mol. The third-order valence-corrected chi connectivity index (χ3v) is 5.12. The summed E-state index contributed by atoms with van der Waals surface area (Å²) in [5, 5.41) is 23.9. The number of non-ortho nitro benzene ring substituents is 1. The highest BCUT2D eigenvalue weighted by atomic mass is 35.5. The van der Waals surface area contributed by atoms with Crippen LogP contribution < -0.4 is 0 Å². The van der Waals surface area contributed by atoms with Crippen LogP contribution in [0.4, 0.5) is 10.1 Å². The second-order valence-corrected chi connectivity index (χ2v) is 6.95. The molecule has 0 amide bonds. The number of fused-ring (bicyclic) bond motifs is 1. The number of halogens is 3. The topological polar surface area (TPSA) is 86.2 Å². The van der Waals surface area contributed by atoms with E-state index in [1.54, 1.807) is 12.1 Å². The lowest BCUT2D eigenvalue weighted by Gasteiger charge is -2.02. The Balaban J connectivity index is 1.80. The van der Waals surface area contributed by atoms with Crippen molar-refractivity contribution in [3.8, 4) is 22.0 Å². The first-order valence-corrected chi connectivity index (χ1v) is 8.63. The zero-order chi connectivity index (χ0) is 18.4. The fourth-order valence-electron chi connectivity index (χ4n) is 2.32. The molecule has 7 nitrogen and oxygen atoms in total. The van der Waals surface area contributed by atoms with E-state index in [4.69, 9.17) is 23.2 Å². The predicted molar refractivity (Wildman–Crippen MR) is 96.2 cm³/mol. The summed E-state index contributed by atoms with van der Waals surface area (Å²) in [5.74, 6) is -0.362. The van der Waals surface area contributed by atoms with E-state index in [0.717, 1.165) is 0 Å². The molecular weight excluding hydrogens is 404 g/mol. The molecule has 0 radical (unpaired) electrons. The maximum atomic E-state index is 13.8. The highest BCUT2D eigenvalue weighted by Gasteiger charge is 2.18. The molecule has 4 rings (SSSR count). The van der Waals surface area contributed by atoms with E-state index in [2.05, 4.69) is 15.3 Å². The van der Waals surface area contributed by atoms with Gasteiger partial charge in [-0.05, 0) is 24.3 Å². The Morgan fingerprint density at radius 2 is 1.85 bits per heavy atom. The second-order valence-electron chi connectivity index (χ2n) is 5.18. The third-order valence-electron chi connectivity index (χ3n) is 3.57. The molecule has 0 N–H and O–H groups in total. The van der Waals surface area contributed by atoms with Gasteiger partial charge in [0, 0.05) is 23.3 Å². The molecule has 4 aromatic rings. The van der Waals surface area contributed by atoms with Gasteiger partial charge >= 0.3 is 0 Å². The smallest absolute Gasteiger partial charge is 0.258 e. The summed E-state index contributed by atoms with van der Waals surface area (Å²) in [6.07, 6.45) is 0. The average molecular weight is 410 g/mol. The van der Waals surface area contributed by atoms with E-state index in [1.165, 1.54) is 40.1 Å². The van der Waals surface area contributed by atoms with Crippen molar-refractivity contribution < 1.29 is 9.31 Å². The quantitative estimate of drug-likeness (QED) is 0.273. The van der Waals surface area contributed by atoms with E-state index in [9.17, 15) is 14.5 Å². The minimum Gasteiger partial charge on any atom is -0.258 e. The van der Waals surface area contributed by atoms with Crippen molar-refractivity contribution in [2.45, 2.75) is 0 Å². The second kappa shape index (κ2) is 6.27. The number of benzene rings is 2. The highest BCUT2D eigenvalue weighted by Crippen LogP contribution is 2.33. The molecule has 0 aliphatic rings. The lowest BCUT2D eigenvalue weighted by atomic mass is 10.2. The van der Waals surface area contributed by atoms with E-state index in [-0.39, 0.29) is 21.6 Å². The molecule has 0 atom stereocenters. The first-order chi connectivity index (χ1) is 12.4. The van der Waals surface area contributed by atoms with Crippen molar-refractivity contribution in [3.05, 3.63) is 62.4 Å². The molecule has 0 saturated heterocycles. The Morgan fingerprint density at radius 3 is 2.54 bits per heavy atom. The van der Waals surface area contributed by atoms with Gasteiger partial charge in [0.1, 0.15) is 10.8 Å². The average Bonchev–Trinajstić information content (AvgIpc) is 3.19. The van der Waals surface area contributed by atoms with Crippen LogP contribution in [0.25, 0.3) is 26.9 Å². The SMILES string of the molecule is O=[N+]([O-])c1ccc(-c2nn3c(-c4cc(F)c(Cl)cc4Cl)nnc3s2)cc1. The van der Waals surface area contributed by atoms with Gasteiger partial charge in [-0.3, -0.25) is 10.1 Å². The van der Waals surface area contributed by atoms with Crippen LogP contribution in [0.15, 0.2) is 36.4 Å². The number of rotatable bonds is 3. The van der Waals surface area contributed by atoms with Gasteiger partial charge in [-0.25, -0.2) is 4.39 Å². The van der Waals surface area contributed by atoms with Crippen molar-refractivity contribution in [2.24, 2.45) is 0 Å². The molecule has 0 aliphatic heterocycles. The van der Waals surface area contributed by atoms with Gasteiger partial charge in [0.05, 0.1) is 15.0 Å². The summed E-state index contributed by atoms with van der Waals surface area (Å²) in [7, 11) is 0. The molecule has 0 bridgehead atoms. The van der Waals surface area contributed by atoms with Gasteiger partial charge in [-0.1, -0.05) is 34.5 Å². The van der Waals surface area contributed by atoms with Crippen LogP contribution in [0.2, 0.25) is 10.0 Å². The van der Waals surface area contributed by atoms with Crippen molar-refractivity contribution in [1.82, 2.24) is 19.8 Å². The minimum absolute atomic E-state index is 0.0131. The number of nitro benzene ring substituents is 1. The summed E-state index contributed by atoms with van der Waals surface area (Å²) >= 11 is 13.1. The molecule has 0 saturated carbocycles. The molecule has 0 aliphatic carbocycles. The van der Waals surface area contributed by atoms with Gasteiger partial charge in [-0.2, -0.15) is 9.61 Å². The molecule has 0 unspecified atom stereocenters. The van der Waals surface area contributed by atoms with Gasteiger partial charge in [-0.15, -0.1) is 10.2 Å². The number of nitrogens with zero attached hydrogens (tertiary/aromatic N) is 5. The van der Waals surface area contributed by atoms with Crippen molar-refractivity contribution in [1.29, 1.82) is 0 Å². The van der Waals surface area contributed by atoms with E-state index in [1.807, 2.05) is 0 Å². The predicted octanol–water partition coefficient (Wildman–Crippen LogP) is 4.87. The molecule has 0 spiro atoms. The molecule has 2 heterocycles. The van der Waals surface area contributed by atoms with Crippen LogP contribution in [0, 0.1) is 15.9 Å². The molecule has 26 heavy (non-hydrogen) atoms. The highest BCUT2D eigenvalue weighted by molar-refractivity contribution is 7.19. The minimum atomic E-state index is -0.631. The lowest BCUT2D eigenvalue weighted by molar-refractivity contribution is -0.384. The van der Waals surface area contributed by atoms with Crippen LogP contribution in [0.3, 0.4) is 0 Å². The van der Waals surface area contributed by atoms with Gasteiger partial charge in [0.15, 0.2) is 5.82 Å². The van der Waals surface area contributed by atoms with E-state index < -0.39 is 10.7 Å². The van der Waals surface area contributed by atoms with Crippen LogP contribution in [-0.2, 0) is 0 Å². The van der Waals surface area contributed by atoms with Crippen LogP contribution in [-0.4, -0.2) is 24.7 Å². The molecular formula is C15H6Cl2FN5O2S. The summed E-state index contributed by atoms with van der Waals surface area (Å²) in [6, 6.07) is 8.44. The maximum absolute atomic E-state index is 13.8. The normalized spacial score (nSPS) is 11.2.